The molecule has 1 saturated heterocycles. The van der Waals surface area contributed by atoms with Crippen molar-refractivity contribution in [2.45, 2.75) is 6.61 Å². The molecule has 0 atom stereocenters. The molecule has 2 aromatic rings. The minimum absolute atomic E-state index is 0.282. The molecule has 0 amide bonds. The average molecular weight is 339 g/mol. The van der Waals surface area contributed by atoms with E-state index in [0.29, 0.717) is 16.1 Å². The van der Waals surface area contributed by atoms with E-state index in [2.05, 4.69) is 20.2 Å². The van der Waals surface area contributed by atoms with Gasteiger partial charge in [-0.05, 0) is 24.3 Å². The molecule has 1 fully saturated rings. The molecule has 1 aliphatic heterocycles. The number of benzene rings is 1. The van der Waals surface area contributed by atoms with Gasteiger partial charge in [0.25, 0.3) is 0 Å². The fourth-order valence-corrected chi connectivity index (χ4v) is 2.63. The molecule has 1 N–H and O–H groups in total. The lowest BCUT2D eigenvalue weighted by Gasteiger charge is -2.28. The van der Waals surface area contributed by atoms with E-state index in [-0.39, 0.29) is 6.61 Å². The highest BCUT2D eigenvalue weighted by Crippen LogP contribution is 2.22. The van der Waals surface area contributed by atoms with E-state index in [4.69, 9.17) is 27.9 Å². The standard InChI is InChI=1S/C15H16Cl2N4O/c16-12-1-2-13(17)11(9-12)10-22-15-19-4-3-14(20-15)21-7-5-18-6-8-21/h1-4,9,18H,5-8,10H2. The smallest absolute Gasteiger partial charge is 0.318 e. The lowest BCUT2D eigenvalue weighted by molar-refractivity contribution is 0.281. The Hall–Kier alpha value is -1.56. The fourth-order valence-electron chi connectivity index (χ4n) is 2.27. The molecule has 0 saturated carbocycles. The molecule has 7 heteroatoms. The maximum Gasteiger partial charge on any atom is 0.318 e. The molecule has 0 aliphatic carbocycles. The number of hydrogen-bond acceptors (Lipinski definition) is 5. The number of nitrogens with zero attached hydrogens (tertiary/aromatic N) is 3. The number of halogens is 2. The zero-order valence-electron chi connectivity index (χ0n) is 11.9. The van der Waals surface area contributed by atoms with Crippen LogP contribution in [0.2, 0.25) is 10.0 Å². The van der Waals surface area contributed by atoms with Crippen molar-refractivity contribution in [2.75, 3.05) is 31.1 Å². The molecule has 1 aliphatic rings. The number of anilines is 1. The Morgan fingerprint density at radius 1 is 1.18 bits per heavy atom. The third-order valence-electron chi connectivity index (χ3n) is 3.42. The SMILES string of the molecule is Clc1ccc(Cl)c(COc2nccc(N3CCNCC3)n2)c1. The van der Waals surface area contributed by atoms with Gasteiger partial charge in [-0.1, -0.05) is 23.2 Å². The summed E-state index contributed by atoms with van der Waals surface area (Å²) >= 11 is 12.1. The zero-order valence-corrected chi connectivity index (χ0v) is 13.4. The molecule has 0 bridgehead atoms. The molecule has 5 nitrogen and oxygen atoms in total. The van der Waals surface area contributed by atoms with Gasteiger partial charge in [-0.3, -0.25) is 0 Å². The lowest BCUT2D eigenvalue weighted by Crippen LogP contribution is -2.43. The minimum Gasteiger partial charge on any atom is -0.458 e. The van der Waals surface area contributed by atoms with Gasteiger partial charge in [-0.15, -0.1) is 0 Å². The monoisotopic (exact) mass is 338 g/mol. The van der Waals surface area contributed by atoms with Crippen LogP contribution in [0, 0.1) is 0 Å². The molecule has 2 heterocycles. The number of aromatic nitrogens is 2. The first-order valence-electron chi connectivity index (χ1n) is 7.08. The molecule has 1 aromatic heterocycles. The Kier molecular flexibility index (Phi) is 4.97. The Morgan fingerprint density at radius 2 is 2.00 bits per heavy atom. The third kappa shape index (κ3) is 3.80. The van der Waals surface area contributed by atoms with Crippen molar-refractivity contribution in [3.05, 3.63) is 46.1 Å². The van der Waals surface area contributed by atoms with Crippen LogP contribution in [0.3, 0.4) is 0 Å². The van der Waals surface area contributed by atoms with Crippen molar-refractivity contribution in [3.8, 4) is 6.01 Å². The Bertz CT molecular complexity index is 647. The Balaban J connectivity index is 1.68. The van der Waals surface area contributed by atoms with E-state index in [1.165, 1.54) is 0 Å². The van der Waals surface area contributed by atoms with Crippen LogP contribution in [-0.4, -0.2) is 36.1 Å². The van der Waals surface area contributed by atoms with E-state index in [0.717, 1.165) is 37.6 Å². The van der Waals surface area contributed by atoms with Gasteiger partial charge in [-0.2, -0.15) is 4.98 Å². The number of hydrogen-bond donors (Lipinski definition) is 1. The van der Waals surface area contributed by atoms with Gasteiger partial charge in [0, 0.05) is 48.0 Å². The van der Waals surface area contributed by atoms with Gasteiger partial charge in [0.15, 0.2) is 0 Å². The van der Waals surface area contributed by atoms with Gasteiger partial charge in [0.2, 0.25) is 0 Å². The van der Waals surface area contributed by atoms with Crippen LogP contribution in [0.4, 0.5) is 5.82 Å². The zero-order chi connectivity index (χ0) is 15.4. The molecule has 22 heavy (non-hydrogen) atoms. The fraction of sp³-hybridized carbons (Fsp3) is 0.333. The summed E-state index contributed by atoms with van der Waals surface area (Å²) in [4.78, 5) is 10.8. The Morgan fingerprint density at radius 3 is 2.82 bits per heavy atom. The summed E-state index contributed by atoms with van der Waals surface area (Å²) in [6, 6.07) is 7.51. The van der Waals surface area contributed by atoms with Crippen molar-refractivity contribution in [1.29, 1.82) is 0 Å². The molecular formula is C15H16Cl2N4O. The van der Waals surface area contributed by atoms with Gasteiger partial charge in [0.1, 0.15) is 12.4 Å². The Labute approximate surface area is 139 Å². The predicted octanol–water partition coefficient (Wildman–Crippen LogP) is 2.77. The minimum atomic E-state index is 0.282. The molecule has 1 aromatic carbocycles. The molecule has 3 rings (SSSR count). The summed E-state index contributed by atoms with van der Waals surface area (Å²) in [5, 5.41) is 4.55. The van der Waals surface area contributed by atoms with E-state index in [1.54, 1.807) is 24.4 Å². The molecule has 116 valence electrons. The summed E-state index contributed by atoms with van der Waals surface area (Å²) in [6.45, 7) is 4.05. The third-order valence-corrected chi connectivity index (χ3v) is 4.03. The highest BCUT2D eigenvalue weighted by molar-refractivity contribution is 6.33. The topological polar surface area (TPSA) is 50.3 Å². The summed E-state index contributed by atoms with van der Waals surface area (Å²) in [5.41, 5.74) is 0.811. The second kappa shape index (κ2) is 7.13. The quantitative estimate of drug-likeness (QED) is 0.928. The number of rotatable bonds is 4. The van der Waals surface area contributed by atoms with Crippen LogP contribution < -0.4 is 15.0 Å². The van der Waals surface area contributed by atoms with Crippen LogP contribution in [0.25, 0.3) is 0 Å². The highest BCUT2D eigenvalue weighted by atomic mass is 35.5. The first-order chi connectivity index (χ1) is 10.7. The van der Waals surface area contributed by atoms with Crippen molar-refractivity contribution in [1.82, 2.24) is 15.3 Å². The number of ether oxygens (including phenoxy) is 1. The normalized spacial score (nSPS) is 14.9. The van der Waals surface area contributed by atoms with E-state index in [9.17, 15) is 0 Å². The summed E-state index contributed by atoms with van der Waals surface area (Å²) in [6.07, 6.45) is 1.71. The first kappa shape index (κ1) is 15.3. The van der Waals surface area contributed by atoms with Gasteiger partial charge in [-0.25, -0.2) is 4.98 Å². The van der Waals surface area contributed by atoms with Crippen molar-refractivity contribution in [3.63, 3.8) is 0 Å². The van der Waals surface area contributed by atoms with Crippen LogP contribution in [0.1, 0.15) is 5.56 Å². The van der Waals surface area contributed by atoms with Gasteiger partial charge in [0.05, 0.1) is 0 Å². The largest absolute Gasteiger partial charge is 0.458 e. The molecule has 0 radical (unpaired) electrons. The van der Waals surface area contributed by atoms with Crippen molar-refractivity contribution in [2.24, 2.45) is 0 Å². The van der Waals surface area contributed by atoms with Gasteiger partial charge >= 0.3 is 6.01 Å². The van der Waals surface area contributed by atoms with E-state index >= 15 is 0 Å². The average Bonchev–Trinajstić information content (AvgIpc) is 2.57. The highest BCUT2D eigenvalue weighted by Gasteiger charge is 2.13. The second-order valence-corrected chi connectivity index (χ2v) is 5.80. The lowest BCUT2D eigenvalue weighted by atomic mass is 10.2. The van der Waals surface area contributed by atoms with Crippen molar-refractivity contribution >= 4 is 29.0 Å². The van der Waals surface area contributed by atoms with Crippen LogP contribution in [0.5, 0.6) is 6.01 Å². The molecule has 0 spiro atoms. The summed E-state index contributed by atoms with van der Waals surface area (Å²) in [7, 11) is 0. The predicted molar refractivity (Wildman–Crippen MR) is 87.9 cm³/mol. The molecule has 0 unspecified atom stereocenters. The molecular weight excluding hydrogens is 323 g/mol. The second-order valence-electron chi connectivity index (χ2n) is 4.96. The maximum atomic E-state index is 6.12. The first-order valence-corrected chi connectivity index (χ1v) is 7.83. The van der Waals surface area contributed by atoms with Crippen LogP contribution in [0.15, 0.2) is 30.5 Å². The summed E-state index contributed by atoms with van der Waals surface area (Å²) < 4.78 is 5.65. The van der Waals surface area contributed by atoms with Gasteiger partial charge < -0.3 is 15.0 Å². The van der Waals surface area contributed by atoms with E-state index < -0.39 is 0 Å². The van der Waals surface area contributed by atoms with Crippen LogP contribution >= 0.6 is 23.2 Å². The van der Waals surface area contributed by atoms with E-state index in [1.807, 2.05) is 6.07 Å². The number of nitrogens with one attached hydrogen (secondary N) is 1. The summed E-state index contributed by atoms with van der Waals surface area (Å²) in [5.74, 6) is 0.878. The van der Waals surface area contributed by atoms with Crippen LogP contribution in [-0.2, 0) is 6.61 Å². The van der Waals surface area contributed by atoms with Crippen molar-refractivity contribution < 1.29 is 4.74 Å². The number of piperazine rings is 1. The maximum absolute atomic E-state index is 6.12.